The van der Waals surface area contributed by atoms with Crippen molar-refractivity contribution in [1.82, 2.24) is 9.80 Å². The van der Waals surface area contributed by atoms with Crippen LogP contribution in [0.3, 0.4) is 0 Å². The molecule has 1 amide bonds. The number of ether oxygens (including phenoxy) is 1. The molecule has 0 saturated carbocycles. The first-order valence-electron chi connectivity index (χ1n) is 8.67. The summed E-state index contributed by atoms with van der Waals surface area (Å²) in [6, 6.07) is 5.92. The van der Waals surface area contributed by atoms with Gasteiger partial charge < -0.3 is 10.1 Å². The lowest BCUT2D eigenvalue weighted by molar-refractivity contribution is -0.117. The molecule has 140 valence electrons. The van der Waals surface area contributed by atoms with Crippen LogP contribution in [-0.4, -0.2) is 61.0 Å². The zero-order valence-electron chi connectivity index (χ0n) is 14.8. The highest BCUT2D eigenvalue weighted by Gasteiger charge is 2.21. The highest BCUT2D eigenvalue weighted by Crippen LogP contribution is 2.24. The number of piperazine rings is 1. The number of esters is 1. The fourth-order valence-electron chi connectivity index (χ4n) is 2.87. The summed E-state index contributed by atoms with van der Waals surface area (Å²) in [7, 11) is 0. The normalized spacial score (nSPS) is 15.7. The van der Waals surface area contributed by atoms with E-state index in [-0.39, 0.29) is 5.91 Å². The van der Waals surface area contributed by atoms with Gasteiger partial charge >= 0.3 is 5.97 Å². The summed E-state index contributed by atoms with van der Waals surface area (Å²) < 4.78 is 5.01. The molecule has 3 rings (SSSR count). The molecule has 6 nitrogen and oxygen atoms in total. The average Bonchev–Trinajstić information content (AvgIpc) is 3.29. The van der Waals surface area contributed by atoms with Crippen LogP contribution in [0.25, 0.3) is 0 Å². The minimum absolute atomic E-state index is 0.0929. The smallest absolute Gasteiger partial charge is 0.341 e. The number of amides is 1. The predicted octanol–water partition coefficient (Wildman–Crippen LogP) is 2.74. The highest BCUT2D eigenvalue weighted by atomic mass is 32.1. The molecule has 8 heteroatoms. The largest absolute Gasteiger partial charge is 0.462 e. The molecule has 1 N–H and O–H groups in total. The number of hydrogen-bond donors (Lipinski definition) is 1. The summed E-state index contributed by atoms with van der Waals surface area (Å²) in [5.41, 5.74) is 0.422. The number of nitrogens with zero attached hydrogens (tertiary/aromatic N) is 2. The van der Waals surface area contributed by atoms with E-state index in [4.69, 9.17) is 4.74 Å². The van der Waals surface area contributed by atoms with Gasteiger partial charge in [0, 0.05) is 37.6 Å². The number of nitrogens with one attached hydrogen (secondary N) is 1. The maximum Gasteiger partial charge on any atom is 0.341 e. The summed E-state index contributed by atoms with van der Waals surface area (Å²) in [4.78, 5) is 30.2. The van der Waals surface area contributed by atoms with Crippen molar-refractivity contribution in [2.45, 2.75) is 13.5 Å². The number of rotatable bonds is 7. The zero-order chi connectivity index (χ0) is 18.4. The molecular weight excluding hydrogens is 370 g/mol. The lowest BCUT2D eigenvalue weighted by Crippen LogP contribution is -2.48. The van der Waals surface area contributed by atoms with E-state index >= 15 is 0 Å². The van der Waals surface area contributed by atoms with E-state index in [1.165, 1.54) is 16.2 Å². The SMILES string of the molecule is CCOC(=O)c1ccsc1NC(=O)CN1CCN(Cc2cccs2)CC1. The molecule has 0 spiro atoms. The Labute approximate surface area is 161 Å². The molecule has 0 aromatic carbocycles. The standard InChI is InChI=1S/C18H23N3O3S2/c1-2-24-18(23)15-5-11-26-17(15)19-16(22)13-21-8-6-20(7-9-21)12-14-4-3-10-25-14/h3-5,10-11H,2,6-9,12-13H2,1H3,(H,19,22). The summed E-state index contributed by atoms with van der Waals surface area (Å²) in [6.07, 6.45) is 0. The Morgan fingerprint density at radius 3 is 2.58 bits per heavy atom. The van der Waals surface area contributed by atoms with Crippen LogP contribution in [0, 0.1) is 0 Å². The minimum Gasteiger partial charge on any atom is -0.462 e. The number of hydrogen-bond acceptors (Lipinski definition) is 7. The number of carbonyl (C=O) groups excluding carboxylic acids is 2. The van der Waals surface area contributed by atoms with E-state index < -0.39 is 5.97 Å². The lowest BCUT2D eigenvalue weighted by Gasteiger charge is -2.33. The third-order valence-electron chi connectivity index (χ3n) is 4.21. The van der Waals surface area contributed by atoms with E-state index in [1.54, 1.807) is 29.7 Å². The Hall–Kier alpha value is -1.74. The van der Waals surface area contributed by atoms with Crippen LogP contribution in [-0.2, 0) is 16.1 Å². The van der Waals surface area contributed by atoms with Gasteiger partial charge in [-0.05, 0) is 29.8 Å². The summed E-state index contributed by atoms with van der Waals surface area (Å²) in [6.45, 7) is 7.06. The van der Waals surface area contributed by atoms with Crippen molar-refractivity contribution in [3.8, 4) is 0 Å². The van der Waals surface area contributed by atoms with Crippen molar-refractivity contribution in [2.24, 2.45) is 0 Å². The van der Waals surface area contributed by atoms with Crippen LogP contribution >= 0.6 is 22.7 Å². The van der Waals surface area contributed by atoms with Gasteiger partial charge in [0.05, 0.1) is 18.7 Å². The lowest BCUT2D eigenvalue weighted by atomic mass is 10.3. The van der Waals surface area contributed by atoms with Crippen molar-refractivity contribution in [1.29, 1.82) is 0 Å². The molecule has 3 heterocycles. The Balaban J connectivity index is 1.45. The average molecular weight is 394 g/mol. The summed E-state index contributed by atoms with van der Waals surface area (Å²) in [5.74, 6) is -0.490. The number of carbonyl (C=O) groups is 2. The van der Waals surface area contributed by atoms with E-state index in [0.717, 1.165) is 32.7 Å². The first kappa shape index (κ1) is 19.0. The molecule has 0 radical (unpaired) electrons. The van der Waals surface area contributed by atoms with Gasteiger partial charge in [-0.15, -0.1) is 22.7 Å². The molecule has 0 bridgehead atoms. The van der Waals surface area contributed by atoms with Crippen LogP contribution in [0.4, 0.5) is 5.00 Å². The first-order valence-corrected chi connectivity index (χ1v) is 10.4. The van der Waals surface area contributed by atoms with Crippen LogP contribution in [0.1, 0.15) is 22.2 Å². The molecule has 1 saturated heterocycles. The van der Waals surface area contributed by atoms with E-state index in [9.17, 15) is 9.59 Å². The van der Waals surface area contributed by atoms with Gasteiger partial charge in [-0.1, -0.05) is 6.07 Å². The van der Waals surface area contributed by atoms with Crippen molar-refractivity contribution in [2.75, 3.05) is 44.6 Å². The highest BCUT2D eigenvalue weighted by molar-refractivity contribution is 7.14. The van der Waals surface area contributed by atoms with Gasteiger partial charge in [-0.3, -0.25) is 14.6 Å². The van der Waals surface area contributed by atoms with Crippen LogP contribution in [0.2, 0.25) is 0 Å². The second-order valence-electron chi connectivity index (χ2n) is 6.06. The van der Waals surface area contributed by atoms with E-state index in [1.807, 2.05) is 0 Å². The minimum atomic E-state index is -0.397. The van der Waals surface area contributed by atoms with Crippen molar-refractivity contribution in [3.63, 3.8) is 0 Å². The molecule has 2 aromatic rings. The van der Waals surface area contributed by atoms with E-state index in [2.05, 4.69) is 32.6 Å². The molecule has 1 aliphatic rings. The molecule has 0 atom stereocenters. The molecule has 2 aromatic heterocycles. The Kier molecular flexibility index (Phi) is 6.79. The maximum atomic E-state index is 12.3. The summed E-state index contributed by atoms with van der Waals surface area (Å²) >= 11 is 3.12. The van der Waals surface area contributed by atoms with Crippen molar-refractivity contribution in [3.05, 3.63) is 39.4 Å². The molecule has 1 aliphatic heterocycles. The molecule has 26 heavy (non-hydrogen) atoms. The Bertz CT molecular complexity index is 722. The second-order valence-corrected chi connectivity index (χ2v) is 8.01. The van der Waals surface area contributed by atoms with Crippen LogP contribution in [0.5, 0.6) is 0 Å². The molecular formula is C18H23N3O3S2. The second kappa shape index (κ2) is 9.27. The third-order valence-corrected chi connectivity index (χ3v) is 5.90. The maximum absolute atomic E-state index is 12.3. The predicted molar refractivity (Wildman–Crippen MR) is 105 cm³/mol. The third kappa shape index (κ3) is 5.14. The fourth-order valence-corrected chi connectivity index (χ4v) is 4.41. The fraction of sp³-hybridized carbons (Fsp3) is 0.444. The van der Waals surface area contributed by atoms with Gasteiger partial charge in [-0.25, -0.2) is 4.79 Å². The van der Waals surface area contributed by atoms with Gasteiger partial charge in [0.25, 0.3) is 0 Å². The quantitative estimate of drug-likeness (QED) is 0.733. The Morgan fingerprint density at radius 1 is 1.12 bits per heavy atom. The van der Waals surface area contributed by atoms with E-state index in [0.29, 0.717) is 23.7 Å². The summed E-state index contributed by atoms with van der Waals surface area (Å²) in [5, 5.41) is 7.30. The van der Waals surface area contributed by atoms with Crippen molar-refractivity contribution < 1.29 is 14.3 Å². The number of anilines is 1. The van der Waals surface area contributed by atoms with Crippen molar-refractivity contribution >= 4 is 39.6 Å². The molecule has 1 fully saturated rings. The zero-order valence-corrected chi connectivity index (χ0v) is 16.4. The van der Waals surface area contributed by atoms with Crippen LogP contribution in [0.15, 0.2) is 29.0 Å². The van der Waals surface area contributed by atoms with Gasteiger partial charge in [-0.2, -0.15) is 0 Å². The molecule has 0 unspecified atom stereocenters. The topological polar surface area (TPSA) is 61.9 Å². The monoisotopic (exact) mass is 393 g/mol. The van der Waals surface area contributed by atoms with Gasteiger partial charge in [0.1, 0.15) is 5.00 Å². The molecule has 0 aliphatic carbocycles. The van der Waals surface area contributed by atoms with Crippen LogP contribution < -0.4 is 5.32 Å². The number of thiophene rings is 2. The van der Waals surface area contributed by atoms with Gasteiger partial charge in [0.15, 0.2) is 0 Å². The van der Waals surface area contributed by atoms with Gasteiger partial charge in [0.2, 0.25) is 5.91 Å². The Morgan fingerprint density at radius 2 is 1.88 bits per heavy atom. The first-order chi connectivity index (χ1) is 12.7.